The van der Waals surface area contributed by atoms with E-state index in [0.717, 1.165) is 48.2 Å². The van der Waals surface area contributed by atoms with E-state index in [1.807, 2.05) is 47.7 Å². The Morgan fingerprint density at radius 2 is 1.96 bits per heavy atom. The van der Waals surface area contributed by atoms with Crippen molar-refractivity contribution >= 4 is 17.7 Å². The Bertz CT molecular complexity index is 769. The number of benzene rings is 1. The van der Waals surface area contributed by atoms with E-state index >= 15 is 0 Å². The molecule has 1 unspecified atom stereocenters. The molecule has 1 aromatic heterocycles. The fourth-order valence-corrected chi connectivity index (χ4v) is 4.07. The van der Waals surface area contributed by atoms with Gasteiger partial charge in [0, 0.05) is 20.1 Å². The van der Waals surface area contributed by atoms with Crippen LogP contribution in [0.4, 0.5) is 0 Å². The van der Waals surface area contributed by atoms with Crippen LogP contribution >= 0.6 is 11.8 Å². The highest BCUT2D eigenvalue weighted by Crippen LogP contribution is 2.31. The Balaban J connectivity index is 1.73. The zero-order valence-corrected chi connectivity index (χ0v) is 16.6. The standard InChI is InChI=1S/C19H26N4O2S/c1-13-9-11-23(12-10-13)18(24)14(2)26-19-21-20-17(22(19)3)15-7-5-6-8-16(15)25-4/h5-8,13-14H,9-12H2,1-4H3. The van der Waals surface area contributed by atoms with Gasteiger partial charge in [-0.1, -0.05) is 30.8 Å². The lowest BCUT2D eigenvalue weighted by atomic mass is 9.99. The number of thioether (sulfide) groups is 1. The Labute approximate surface area is 158 Å². The quantitative estimate of drug-likeness (QED) is 0.752. The highest BCUT2D eigenvalue weighted by atomic mass is 32.2. The van der Waals surface area contributed by atoms with Crippen LogP contribution in [0, 0.1) is 5.92 Å². The summed E-state index contributed by atoms with van der Waals surface area (Å²) < 4.78 is 7.34. The summed E-state index contributed by atoms with van der Waals surface area (Å²) >= 11 is 1.46. The summed E-state index contributed by atoms with van der Waals surface area (Å²) in [5.74, 6) is 2.38. The fourth-order valence-electron chi connectivity index (χ4n) is 3.18. The maximum Gasteiger partial charge on any atom is 0.235 e. The highest BCUT2D eigenvalue weighted by Gasteiger charge is 2.26. The second kappa shape index (κ2) is 8.12. The van der Waals surface area contributed by atoms with Gasteiger partial charge in [0.1, 0.15) is 5.75 Å². The van der Waals surface area contributed by atoms with Crippen molar-refractivity contribution in [3.63, 3.8) is 0 Å². The molecule has 26 heavy (non-hydrogen) atoms. The molecule has 7 heteroatoms. The van der Waals surface area contributed by atoms with Crippen LogP contribution in [0.25, 0.3) is 11.4 Å². The molecule has 1 atom stereocenters. The summed E-state index contributed by atoms with van der Waals surface area (Å²) in [6.07, 6.45) is 2.18. The lowest BCUT2D eigenvalue weighted by molar-refractivity contribution is -0.131. The van der Waals surface area contributed by atoms with Gasteiger partial charge >= 0.3 is 0 Å². The van der Waals surface area contributed by atoms with E-state index in [9.17, 15) is 4.79 Å². The van der Waals surface area contributed by atoms with Gasteiger partial charge in [0.15, 0.2) is 11.0 Å². The molecule has 0 bridgehead atoms. The monoisotopic (exact) mass is 374 g/mol. The molecule has 0 aliphatic carbocycles. The lowest BCUT2D eigenvalue weighted by Gasteiger charge is -2.31. The van der Waals surface area contributed by atoms with Gasteiger partial charge in [-0.2, -0.15) is 0 Å². The molecule has 1 aromatic carbocycles. The zero-order chi connectivity index (χ0) is 18.7. The number of methoxy groups -OCH3 is 1. The average Bonchev–Trinajstić information content (AvgIpc) is 3.02. The lowest BCUT2D eigenvalue weighted by Crippen LogP contribution is -2.41. The predicted octanol–water partition coefficient (Wildman–Crippen LogP) is 3.23. The van der Waals surface area contributed by atoms with Gasteiger partial charge in [0.25, 0.3) is 0 Å². The topological polar surface area (TPSA) is 60.3 Å². The molecular weight excluding hydrogens is 348 g/mol. The molecule has 3 rings (SSSR count). The summed E-state index contributed by atoms with van der Waals surface area (Å²) in [6.45, 7) is 5.91. The van der Waals surface area contributed by atoms with E-state index in [1.165, 1.54) is 11.8 Å². The maximum absolute atomic E-state index is 12.7. The Hall–Kier alpha value is -2.02. The van der Waals surface area contributed by atoms with Crippen molar-refractivity contribution in [2.24, 2.45) is 13.0 Å². The minimum Gasteiger partial charge on any atom is -0.496 e. The Morgan fingerprint density at radius 1 is 1.27 bits per heavy atom. The first-order chi connectivity index (χ1) is 12.5. The molecule has 140 valence electrons. The third-order valence-electron chi connectivity index (χ3n) is 4.91. The summed E-state index contributed by atoms with van der Waals surface area (Å²) in [5.41, 5.74) is 0.890. The molecule has 1 saturated heterocycles. The van der Waals surface area contributed by atoms with E-state index in [1.54, 1.807) is 7.11 Å². The maximum atomic E-state index is 12.7. The van der Waals surface area contributed by atoms with E-state index in [-0.39, 0.29) is 11.2 Å². The number of carbonyl (C=O) groups excluding carboxylic acids is 1. The molecule has 6 nitrogen and oxygen atoms in total. The molecular formula is C19H26N4O2S. The summed E-state index contributed by atoms with van der Waals surface area (Å²) in [4.78, 5) is 14.7. The van der Waals surface area contributed by atoms with E-state index in [0.29, 0.717) is 5.92 Å². The Kier molecular flexibility index (Phi) is 5.86. The van der Waals surface area contributed by atoms with Crippen LogP contribution in [0.1, 0.15) is 26.7 Å². The van der Waals surface area contributed by atoms with Gasteiger partial charge in [0.05, 0.1) is 17.9 Å². The minimum absolute atomic E-state index is 0.183. The number of nitrogens with zero attached hydrogens (tertiary/aromatic N) is 4. The Morgan fingerprint density at radius 3 is 2.65 bits per heavy atom. The molecule has 1 aliphatic heterocycles. The van der Waals surface area contributed by atoms with Gasteiger partial charge in [-0.05, 0) is 37.8 Å². The third-order valence-corrected chi connectivity index (χ3v) is 6.03. The number of amides is 1. The van der Waals surface area contributed by atoms with Crippen LogP contribution < -0.4 is 4.74 Å². The van der Waals surface area contributed by atoms with Crippen molar-refractivity contribution < 1.29 is 9.53 Å². The molecule has 0 spiro atoms. The number of ether oxygens (including phenoxy) is 1. The number of likely N-dealkylation sites (tertiary alicyclic amines) is 1. The van der Waals surface area contributed by atoms with Crippen molar-refractivity contribution in [1.82, 2.24) is 19.7 Å². The average molecular weight is 375 g/mol. The summed E-state index contributed by atoms with van der Waals surface area (Å²) in [5, 5.41) is 9.16. The van der Waals surface area contributed by atoms with Crippen LogP contribution in [0.5, 0.6) is 5.75 Å². The molecule has 2 heterocycles. The predicted molar refractivity (Wildman–Crippen MR) is 103 cm³/mol. The SMILES string of the molecule is COc1ccccc1-c1nnc(SC(C)C(=O)N2CCC(C)CC2)n1C. The smallest absolute Gasteiger partial charge is 0.235 e. The van der Waals surface area contributed by atoms with Crippen molar-refractivity contribution in [2.75, 3.05) is 20.2 Å². The van der Waals surface area contributed by atoms with Crippen molar-refractivity contribution in [1.29, 1.82) is 0 Å². The molecule has 1 aliphatic rings. The first-order valence-electron chi connectivity index (χ1n) is 8.99. The van der Waals surface area contributed by atoms with Gasteiger partial charge in [-0.15, -0.1) is 10.2 Å². The van der Waals surface area contributed by atoms with E-state index < -0.39 is 0 Å². The molecule has 1 amide bonds. The van der Waals surface area contributed by atoms with Crippen molar-refractivity contribution in [2.45, 2.75) is 37.1 Å². The summed E-state index contributed by atoms with van der Waals surface area (Å²) in [7, 11) is 3.56. The van der Waals surface area contributed by atoms with Crippen LogP contribution in [0.15, 0.2) is 29.4 Å². The first-order valence-corrected chi connectivity index (χ1v) is 9.87. The van der Waals surface area contributed by atoms with Gasteiger partial charge in [-0.25, -0.2) is 0 Å². The number of hydrogen-bond acceptors (Lipinski definition) is 5. The number of aromatic nitrogens is 3. The summed E-state index contributed by atoms with van der Waals surface area (Å²) in [6, 6.07) is 7.73. The molecule has 0 radical (unpaired) electrons. The van der Waals surface area contributed by atoms with Crippen molar-refractivity contribution in [3.8, 4) is 17.1 Å². The number of hydrogen-bond donors (Lipinski definition) is 0. The van der Waals surface area contributed by atoms with Crippen molar-refractivity contribution in [3.05, 3.63) is 24.3 Å². The second-order valence-electron chi connectivity index (χ2n) is 6.83. The number of rotatable bonds is 5. The van der Waals surface area contributed by atoms with Crippen LogP contribution in [0.2, 0.25) is 0 Å². The fraction of sp³-hybridized carbons (Fsp3) is 0.526. The largest absolute Gasteiger partial charge is 0.496 e. The third kappa shape index (κ3) is 3.87. The second-order valence-corrected chi connectivity index (χ2v) is 8.14. The molecule has 0 saturated carbocycles. The van der Waals surface area contributed by atoms with Gasteiger partial charge < -0.3 is 14.2 Å². The van der Waals surface area contributed by atoms with E-state index in [2.05, 4.69) is 17.1 Å². The molecule has 2 aromatic rings. The van der Waals surface area contributed by atoms with Gasteiger partial charge in [-0.3, -0.25) is 4.79 Å². The van der Waals surface area contributed by atoms with Crippen LogP contribution in [-0.2, 0) is 11.8 Å². The van der Waals surface area contributed by atoms with Gasteiger partial charge in [0.2, 0.25) is 5.91 Å². The van der Waals surface area contributed by atoms with Crippen LogP contribution in [-0.4, -0.2) is 51.0 Å². The minimum atomic E-state index is -0.183. The number of piperidine rings is 1. The van der Waals surface area contributed by atoms with E-state index in [4.69, 9.17) is 4.74 Å². The molecule has 0 N–H and O–H groups in total. The highest BCUT2D eigenvalue weighted by molar-refractivity contribution is 8.00. The number of carbonyl (C=O) groups is 1. The molecule has 1 fully saturated rings. The van der Waals surface area contributed by atoms with Crippen LogP contribution in [0.3, 0.4) is 0 Å². The first kappa shape index (κ1) is 18.8. The zero-order valence-electron chi connectivity index (χ0n) is 15.8. The number of para-hydroxylation sites is 1. The normalized spacial score (nSPS) is 16.5.